The van der Waals surface area contributed by atoms with Crippen LogP contribution >= 0.6 is 0 Å². The Balaban J connectivity index is 2.07. The van der Waals surface area contributed by atoms with E-state index in [2.05, 4.69) is 15.5 Å². The van der Waals surface area contributed by atoms with Gasteiger partial charge in [-0.1, -0.05) is 0 Å². The van der Waals surface area contributed by atoms with Crippen molar-refractivity contribution in [3.63, 3.8) is 0 Å². The van der Waals surface area contributed by atoms with Gasteiger partial charge in [-0.3, -0.25) is 15.2 Å². The van der Waals surface area contributed by atoms with Gasteiger partial charge in [0.25, 0.3) is 0 Å². The van der Waals surface area contributed by atoms with E-state index < -0.39 is 11.5 Å². The summed E-state index contributed by atoms with van der Waals surface area (Å²) in [6.07, 6.45) is -0.298. The number of aromatic carboxylic acids is 1. The number of benzene rings is 1. The van der Waals surface area contributed by atoms with Crippen molar-refractivity contribution in [1.82, 2.24) is 20.4 Å². The molecule has 1 saturated heterocycles. The van der Waals surface area contributed by atoms with Crippen molar-refractivity contribution in [1.29, 1.82) is 0 Å². The number of carbonyl (C=O) groups excluding carboxylic acids is 1. The van der Waals surface area contributed by atoms with Crippen LogP contribution in [0.25, 0.3) is 10.9 Å². The number of aromatic nitrogens is 2. The fraction of sp³-hybridized carbons (Fsp3) is 0.400. The molecule has 0 aliphatic carbocycles. The zero-order valence-electron chi connectivity index (χ0n) is 12.7. The third kappa shape index (κ3) is 2.05. The van der Waals surface area contributed by atoms with Crippen molar-refractivity contribution in [2.75, 3.05) is 6.54 Å². The Morgan fingerprint density at radius 2 is 2.18 bits per heavy atom. The lowest BCUT2D eigenvalue weighted by molar-refractivity contribution is -0.132. The molecule has 116 valence electrons. The predicted octanol–water partition coefficient (Wildman–Crippen LogP) is 1.49. The molecule has 1 aliphatic heterocycles. The van der Waals surface area contributed by atoms with Crippen molar-refractivity contribution in [2.24, 2.45) is 0 Å². The SMILES string of the molecule is CCN1C(=O)C(C)(C)NC1c1[nH]nc2cc(C(=O)O)ccc12. The number of hydrogen-bond acceptors (Lipinski definition) is 4. The number of nitrogens with zero attached hydrogens (tertiary/aromatic N) is 2. The van der Waals surface area contributed by atoms with Gasteiger partial charge in [-0.2, -0.15) is 5.10 Å². The number of amides is 1. The van der Waals surface area contributed by atoms with Gasteiger partial charge in [-0.15, -0.1) is 0 Å². The summed E-state index contributed by atoms with van der Waals surface area (Å²) in [5.41, 5.74) is 0.894. The molecule has 2 heterocycles. The van der Waals surface area contributed by atoms with Crippen LogP contribution in [0, 0.1) is 0 Å². The number of fused-ring (bicyclic) bond motifs is 1. The fourth-order valence-electron chi connectivity index (χ4n) is 2.89. The number of aromatic amines is 1. The molecule has 1 amide bonds. The average molecular weight is 302 g/mol. The zero-order valence-corrected chi connectivity index (χ0v) is 12.7. The van der Waals surface area contributed by atoms with Crippen LogP contribution in [0.15, 0.2) is 18.2 Å². The van der Waals surface area contributed by atoms with E-state index in [1.54, 1.807) is 17.0 Å². The van der Waals surface area contributed by atoms with Gasteiger partial charge in [-0.05, 0) is 39.0 Å². The van der Waals surface area contributed by atoms with Crippen LogP contribution in [0.3, 0.4) is 0 Å². The molecule has 1 aromatic carbocycles. The molecule has 3 N–H and O–H groups in total. The van der Waals surface area contributed by atoms with Crippen molar-refractivity contribution in [3.05, 3.63) is 29.5 Å². The average Bonchev–Trinajstić information content (AvgIpc) is 2.97. The molecule has 1 atom stereocenters. The van der Waals surface area contributed by atoms with E-state index in [9.17, 15) is 9.59 Å². The quantitative estimate of drug-likeness (QED) is 0.798. The minimum absolute atomic E-state index is 0.0323. The van der Waals surface area contributed by atoms with Crippen LogP contribution < -0.4 is 5.32 Å². The van der Waals surface area contributed by atoms with Crippen LogP contribution in [0.5, 0.6) is 0 Å². The number of nitrogens with one attached hydrogen (secondary N) is 2. The van der Waals surface area contributed by atoms with E-state index in [0.29, 0.717) is 12.1 Å². The van der Waals surface area contributed by atoms with E-state index >= 15 is 0 Å². The highest BCUT2D eigenvalue weighted by molar-refractivity contribution is 5.94. The molecule has 22 heavy (non-hydrogen) atoms. The first-order chi connectivity index (χ1) is 10.3. The molecule has 0 saturated carbocycles. The van der Waals surface area contributed by atoms with Crippen LogP contribution in [-0.4, -0.2) is 44.2 Å². The predicted molar refractivity (Wildman–Crippen MR) is 80.4 cm³/mol. The van der Waals surface area contributed by atoms with Crippen LogP contribution in [0.1, 0.15) is 43.0 Å². The fourth-order valence-corrected chi connectivity index (χ4v) is 2.89. The minimum Gasteiger partial charge on any atom is -0.478 e. The van der Waals surface area contributed by atoms with Crippen molar-refractivity contribution >= 4 is 22.8 Å². The van der Waals surface area contributed by atoms with Crippen LogP contribution in [0.2, 0.25) is 0 Å². The lowest BCUT2D eigenvalue weighted by atomic mass is 10.1. The molecule has 0 radical (unpaired) electrons. The number of likely N-dealkylation sites (N-methyl/N-ethyl adjacent to an activating group) is 1. The second kappa shape index (κ2) is 4.81. The van der Waals surface area contributed by atoms with Crippen LogP contribution in [-0.2, 0) is 4.79 Å². The highest BCUT2D eigenvalue weighted by atomic mass is 16.4. The number of carboxylic acids is 1. The molecular formula is C15H18N4O3. The Morgan fingerprint density at radius 1 is 1.45 bits per heavy atom. The second-order valence-electron chi connectivity index (χ2n) is 5.94. The summed E-state index contributed by atoms with van der Waals surface area (Å²) in [4.78, 5) is 25.2. The van der Waals surface area contributed by atoms with Gasteiger partial charge in [0.2, 0.25) is 5.91 Å². The van der Waals surface area contributed by atoms with Crippen molar-refractivity contribution in [3.8, 4) is 0 Å². The van der Waals surface area contributed by atoms with E-state index in [1.165, 1.54) is 6.07 Å². The van der Waals surface area contributed by atoms with Gasteiger partial charge in [-0.25, -0.2) is 4.79 Å². The van der Waals surface area contributed by atoms with E-state index in [1.807, 2.05) is 20.8 Å². The number of carbonyl (C=O) groups is 2. The molecule has 1 aromatic heterocycles. The molecule has 0 spiro atoms. The summed E-state index contributed by atoms with van der Waals surface area (Å²) >= 11 is 0. The molecule has 1 aliphatic rings. The first-order valence-electron chi connectivity index (χ1n) is 7.15. The summed E-state index contributed by atoms with van der Waals surface area (Å²) in [7, 11) is 0. The maximum absolute atomic E-state index is 12.4. The molecule has 1 fully saturated rings. The van der Waals surface area contributed by atoms with Gasteiger partial charge < -0.3 is 10.0 Å². The second-order valence-corrected chi connectivity index (χ2v) is 5.94. The van der Waals surface area contributed by atoms with Gasteiger partial charge in [0.15, 0.2) is 0 Å². The molecule has 0 bridgehead atoms. The molecule has 2 aromatic rings. The summed E-state index contributed by atoms with van der Waals surface area (Å²) in [6.45, 7) is 6.20. The Hall–Kier alpha value is -2.41. The molecule has 7 nitrogen and oxygen atoms in total. The van der Waals surface area contributed by atoms with Crippen molar-refractivity contribution < 1.29 is 14.7 Å². The Kier molecular flexibility index (Phi) is 3.17. The first kappa shape index (κ1) is 14.5. The summed E-state index contributed by atoms with van der Waals surface area (Å²) in [5, 5.41) is 20.3. The largest absolute Gasteiger partial charge is 0.478 e. The number of hydrogen-bond donors (Lipinski definition) is 3. The number of rotatable bonds is 3. The Morgan fingerprint density at radius 3 is 2.82 bits per heavy atom. The van der Waals surface area contributed by atoms with Gasteiger partial charge in [0.1, 0.15) is 6.17 Å². The Bertz CT molecular complexity index is 765. The standard InChI is InChI=1S/C15H18N4O3/c1-4-19-12(16-15(2,3)14(19)22)11-9-6-5-8(13(20)21)7-10(9)17-18-11/h5-7,12,16H,4H2,1-3H3,(H,17,18)(H,20,21). The normalized spacial score (nSPS) is 20.8. The lowest BCUT2D eigenvalue weighted by Gasteiger charge is -2.21. The zero-order chi connectivity index (χ0) is 16.1. The minimum atomic E-state index is -0.989. The highest BCUT2D eigenvalue weighted by Crippen LogP contribution is 2.32. The van der Waals surface area contributed by atoms with E-state index in [0.717, 1.165) is 11.1 Å². The van der Waals surface area contributed by atoms with Crippen LogP contribution in [0.4, 0.5) is 0 Å². The van der Waals surface area contributed by atoms with Gasteiger partial charge in [0, 0.05) is 11.9 Å². The van der Waals surface area contributed by atoms with E-state index in [4.69, 9.17) is 5.11 Å². The Labute approximate surface area is 127 Å². The molecule has 1 unspecified atom stereocenters. The number of H-pyrrole nitrogens is 1. The van der Waals surface area contributed by atoms with Crippen molar-refractivity contribution in [2.45, 2.75) is 32.5 Å². The molecule has 7 heteroatoms. The maximum Gasteiger partial charge on any atom is 0.335 e. The summed E-state index contributed by atoms with van der Waals surface area (Å²) < 4.78 is 0. The first-order valence-corrected chi connectivity index (χ1v) is 7.15. The third-order valence-corrected chi connectivity index (χ3v) is 4.05. The molecular weight excluding hydrogens is 284 g/mol. The summed E-state index contributed by atoms with van der Waals surface area (Å²) in [6, 6.07) is 4.79. The van der Waals surface area contributed by atoms with Gasteiger partial charge >= 0.3 is 5.97 Å². The summed E-state index contributed by atoms with van der Waals surface area (Å²) in [5.74, 6) is -0.957. The van der Waals surface area contributed by atoms with Gasteiger partial charge in [0.05, 0.1) is 22.3 Å². The smallest absolute Gasteiger partial charge is 0.335 e. The monoisotopic (exact) mass is 302 g/mol. The van der Waals surface area contributed by atoms with E-state index in [-0.39, 0.29) is 17.6 Å². The lowest BCUT2D eigenvalue weighted by Crippen LogP contribution is -2.40. The molecule has 3 rings (SSSR count). The number of carboxylic acid groups (broad SMARTS) is 1. The maximum atomic E-state index is 12.4. The topological polar surface area (TPSA) is 98.3 Å². The third-order valence-electron chi connectivity index (χ3n) is 4.05. The highest BCUT2D eigenvalue weighted by Gasteiger charge is 2.45.